The van der Waals surface area contributed by atoms with Gasteiger partial charge in [-0.25, -0.2) is 12.7 Å². The predicted molar refractivity (Wildman–Crippen MR) is 90.7 cm³/mol. The van der Waals surface area contributed by atoms with Crippen molar-refractivity contribution in [3.05, 3.63) is 30.1 Å². The van der Waals surface area contributed by atoms with Gasteiger partial charge in [0.2, 0.25) is 15.9 Å². The molecule has 1 heterocycles. The van der Waals surface area contributed by atoms with E-state index in [1.165, 1.54) is 7.05 Å². The van der Waals surface area contributed by atoms with Crippen LogP contribution in [0.1, 0.15) is 25.0 Å². The zero-order valence-corrected chi connectivity index (χ0v) is 14.9. The van der Waals surface area contributed by atoms with Crippen LogP contribution in [-0.4, -0.2) is 60.7 Å². The fourth-order valence-corrected chi connectivity index (χ4v) is 3.16. The minimum atomic E-state index is -3.28. The first kappa shape index (κ1) is 18.8. The second-order valence-electron chi connectivity index (χ2n) is 6.42. The second-order valence-corrected chi connectivity index (χ2v) is 8.51. The highest BCUT2D eigenvalue weighted by Crippen LogP contribution is 2.31. The summed E-state index contributed by atoms with van der Waals surface area (Å²) >= 11 is 0. The van der Waals surface area contributed by atoms with Crippen LogP contribution < -0.4 is 5.32 Å². The molecule has 0 radical (unpaired) electrons. The molecule has 2 N–H and O–H groups in total. The van der Waals surface area contributed by atoms with Crippen LogP contribution >= 0.6 is 0 Å². The van der Waals surface area contributed by atoms with Crippen molar-refractivity contribution in [2.45, 2.75) is 37.8 Å². The SMILES string of the molecule is CN(CCC(=O)NC(Cc1ccccn1)C1CC(O)C1)S(C)(=O)=O. The molecular formula is C16H25N3O4S. The van der Waals surface area contributed by atoms with E-state index >= 15 is 0 Å². The molecule has 1 atom stereocenters. The largest absolute Gasteiger partial charge is 0.393 e. The zero-order chi connectivity index (χ0) is 17.7. The highest BCUT2D eigenvalue weighted by Gasteiger charge is 2.35. The summed E-state index contributed by atoms with van der Waals surface area (Å²) in [6.45, 7) is 0.147. The van der Waals surface area contributed by atoms with Crippen molar-refractivity contribution >= 4 is 15.9 Å². The van der Waals surface area contributed by atoms with E-state index in [2.05, 4.69) is 10.3 Å². The molecule has 1 amide bonds. The van der Waals surface area contributed by atoms with E-state index in [1.807, 2.05) is 18.2 Å². The second kappa shape index (κ2) is 8.04. The van der Waals surface area contributed by atoms with Gasteiger partial charge in [0.25, 0.3) is 0 Å². The number of aliphatic hydroxyl groups excluding tert-OH is 1. The Labute approximate surface area is 143 Å². The van der Waals surface area contributed by atoms with Crippen LogP contribution in [0.5, 0.6) is 0 Å². The van der Waals surface area contributed by atoms with Crippen molar-refractivity contribution in [3.8, 4) is 0 Å². The lowest BCUT2D eigenvalue weighted by Crippen LogP contribution is -2.48. The van der Waals surface area contributed by atoms with E-state index in [-0.39, 0.29) is 36.9 Å². The summed E-state index contributed by atoms with van der Waals surface area (Å²) in [4.78, 5) is 16.5. The first-order valence-electron chi connectivity index (χ1n) is 8.04. The molecule has 7 nitrogen and oxygen atoms in total. The van der Waals surface area contributed by atoms with Crippen LogP contribution in [-0.2, 0) is 21.2 Å². The lowest BCUT2D eigenvalue weighted by Gasteiger charge is -2.38. The van der Waals surface area contributed by atoms with Gasteiger partial charge in [-0.2, -0.15) is 0 Å². The van der Waals surface area contributed by atoms with Crippen molar-refractivity contribution in [2.24, 2.45) is 5.92 Å². The Kier molecular flexibility index (Phi) is 6.31. The number of aliphatic hydroxyl groups is 1. The third kappa shape index (κ3) is 5.54. The molecule has 24 heavy (non-hydrogen) atoms. The third-order valence-electron chi connectivity index (χ3n) is 4.44. The molecule has 8 heteroatoms. The van der Waals surface area contributed by atoms with Gasteiger partial charge in [0.05, 0.1) is 12.4 Å². The Morgan fingerprint density at radius 1 is 1.46 bits per heavy atom. The van der Waals surface area contributed by atoms with E-state index in [4.69, 9.17) is 0 Å². The van der Waals surface area contributed by atoms with E-state index in [0.717, 1.165) is 16.3 Å². The van der Waals surface area contributed by atoms with Crippen molar-refractivity contribution in [1.82, 2.24) is 14.6 Å². The summed E-state index contributed by atoms with van der Waals surface area (Å²) in [6, 6.07) is 5.55. The number of aromatic nitrogens is 1. The van der Waals surface area contributed by atoms with E-state index < -0.39 is 10.0 Å². The minimum absolute atomic E-state index is 0.0978. The number of pyridine rings is 1. The van der Waals surface area contributed by atoms with Crippen molar-refractivity contribution in [1.29, 1.82) is 0 Å². The number of hydrogen-bond donors (Lipinski definition) is 2. The molecule has 134 valence electrons. The molecule has 0 saturated heterocycles. The van der Waals surface area contributed by atoms with Crippen LogP contribution in [0.2, 0.25) is 0 Å². The number of nitrogens with zero attached hydrogens (tertiary/aromatic N) is 2. The Bertz CT molecular complexity index is 645. The number of carbonyl (C=O) groups excluding carboxylic acids is 1. The van der Waals surface area contributed by atoms with E-state index in [9.17, 15) is 18.3 Å². The molecule has 1 aromatic rings. The van der Waals surface area contributed by atoms with Gasteiger partial charge < -0.3 is 10.4 Å². The van der Waals surface area contributed by atoms with E-state index in [0.29, 0.717) is 19.3 Å². The molecule has 1 fully saturated rings. The third-order valence-corrected chi connectivity index (χ3v) is 5.76. The molecular weight excluding hydrogens is 330 g/mol. The number of rotatable bonds is 8. The summed E-state index contributed by atoms with van der Waals surface area (Å²) in [7, 11) is -1.83. The topological polar surface area (TPSA) is 99.6 Å². The van der Waals surface area contributed by atoms with Crippen LogP contribution in [0.4, 0.5) is 0 Å². The first-order chi connectivity index (χ1) is 11.3. The monoisotopic (exact) mass is 355 g/mol. The van der Waals surface area contributed by atoms with Crippen LogP contribution in [0, 0.1) is 5.92 Å². The van der Waals surface area contributed by atoms with Gasteiger partial charge in [0.1, 0.15) is 0 Å². The van der Waals surface area contributed by atoms with Crippen LogP contribution in [0.25, 0.3) is 0 Å². The lowest BCUT2D eigenvalue weighted by molar-refractivity contribution is -0.123. The molecule has 0 bridgehead atoms. The van der Waals surface area contributed by atoms with Gasteiger partial charge in [-0.15, -0.1) is 0 Å². The maximum Gasteiger partial charge on any atom is 0.221 e. The molecule has 1 aliphatic carbocycles. The highest BCUT2D eigenvalue weighted by atomic mass is 32.2. The van der Waals surface area contributed by atoms with Crippen LogP contribution in [0.15, 0.2) is 24.4 Å². The Morgan fingerprint density at radius 3 is 2.71 bits per heavy atom. The minimum Gasteiger partial charge on any atom is -0.393 e. The van der Waals surface area contributed by atoms with Crippen molar-refractivity contribution < 1.29 is 18.3 Å². The number of nitrogens with one attached hydrogen (secondary N) is 1. The van der Waals surface area contributed by atoms with Crippen LogP contribution in [0.3, 0.4) is 0 Å². The van der Waals surface area contributed by atoms with Gasteiger partial charge in [0.15, 0.2) is 0 Å². The number of sulfonamides is 1. The molecule has 1 aliphatic rings. The fraction of sp³-hybridized carbons (Fsp3) is 0.625. The molecule has 1 aromatic heterocycles. The molecule has 0 aromatic carbocycles. The molecule has 2 rings (SSSR count). The van der Waals surface area contributed by atoms with Crippen molar-refractivity contribution in [3.63, 3.8) is 0 Å². The van der Waals surface area contributed by atoms with Gasteiger partial charge in [-0.05, 0) is 30.9 Å². The molecule has 0 aliphatic heterocycles. The zero-order valence-electron chi connectivity index (χ0n) is 14.1. The average Bonchev–Trinajstić information content (AvgIpc) is 2.49. The summed E-state index contributed by atoms with van der Waals surface area (Å²) in [6.07, 6.45) is 4.58. The maximum atomic E-state index is 12.2. The molecule has 0 spiro atoms. The summed E-state index contributed by atoms with van der Waals surface area (Å²) in [5.41, 5.74) is 0.887. The smallest absolute Gasteiger partial charge is 0.221 e. The molecule has 1 unspecified atom stereocenters. The standard InChI is InChI=1S/C16H25N3O4S/c1-19(24(2,22)23)8-6-16(21)18-15(12-9-14(20)10-12)11-13-5-3-4-7-17-13/h3-5,7,12,14-15,20H,6,8-11H2,1-2H3,(H,18,21). The normalized spacial score (nSPS) is 22.0. The lowest BCUT2D eigenvalue weighted by atomic mass is 9.76. The molecule has 1 saturated carbocycles. The summed E-state index contributed by atoms with van der Waals surface area (Å²) in [5, 5.41) is 12.5. The van der Waals surface area contributed by atoms with E-state index in [1.54, 1.807) is 6.20 Å². The van der Waals surface area contributed by atoms with Gasteiger partial charge in [0, 0.05) is 44.4 Å². The summed E-state index contributed by atoms with van der Waals surface area (Å²) in [5.74, 6) is 0.0337. The quantitative estimate of drug-likeness (QED) is 0.692. The number of hydrogen-bond acceptors (Lipinski definition) is 5. The first-order valence-corrected chi connectivity index (χ1v) is 9.89. The fourth-order valence-electron chi connectivity index (χ4n) is 2.74. The number of carbonyl (C=O) groups is 1. The Morgan fingerprint density at radius 2 is 2.17 bits per heavy atom. The Balaban J connectivity index is 1.91. The number of amides is 1. The van der Waals surface area contributed by atoms with Gasteiger partial charge in [-0.3, -0.25) is 9.78 Å². The maximum absolute atomic E-state index is 12.2. The van der Waals surface area contributed by atoms with Gasteiger partial charge in [-0.1, -0.05) is 6.07 Å². The highest BCUT2D eigenvalue weighted by molar-refractivity contribution is 7.88. The Hall–Kier alpha value is -1.51. The average molecular weight is 355 g/mol. The van der Waals surface area contributed by atoms with Gasteiger partial charge >= 0.3 is 0 Å². The summed E-state index contributed by atoms with van der Waals surface area (Å²) < 4.78 is 23.9. The predicted octanol–water partition coefficient (Wildman–Crippen LogP) is 0.161. The van der Waals surface area contributed by atoms with Crippen molar-refractivity contribution in [2.75, 3.05) is 19.8 Å².